The molecule has 1 aromatic rings. The lowest BCUT2D eigenvalue weighted by molar-refractivity contribution is 0.0695. The van der Waals surface area contributed by atoms with Gasteiger partial charge in [0.25, 0.3) is 0 Å². The highest BCUT2D eigenvalue weighted by Gasteiger charge is 2.23. The summed E-state index contributed by atoms with van der Waals surface area (Å²) in [5.74, 6) is -0.931. The minimum atomic E-state index is -0.931. The summed E-state index contributed by atoms with van der Waals surface area (Å²) in [6.45, 7) is 0.445. The van der Waals surface area contributed by atoms with Crippen LogP contribution in [-0.4, -0.2) is 41.6 Å². The average molecular weight is 290 g/mol. The number of carboxylic acid groups (broad SMARTS) is 1. The second-order valence-corrected chi connectivity index (χ2v) is 5.49. The Morgan fingerprint density at radius 1 is 1.29 bits per heavy atom. The van der Waals surface area contributed by atoms with Gasteiger partial charge in [0, 0.05) is 19.6 Å². The van der Waals surface area contributed by atoms with Gasteiger partial charge in [-0.05, 0) is 30.9 Å². The van der Waals surface area contributed by atoms with E-state index in [1.165, 1.54) is 12.8 Å². The van der Waals surface area contributed by atoms with Crippen molar-refractivity contribution >= 4 is 12.0 Å². The number of amides is 2. The zero-order valence-corrected chi connectivity index (χ0v) is 12.3. The van der Waals surface area contributed by atoms with Gasteiger partial charge in [-0.3, -0.25) is 0 Å². The van der Waals surface area contributed by atoms with Gasteiger partial charge in [-0.1, -0.05) is 31.0 Å². The molecule has 0 aliphatic heterocycles. The van der Waals surface area contributed by atoms with Gasteiger partial charge in [0.1, 0.15) is 0 Å². The lowest BCUT2D eigenvalue weighted by Gasteiger charge is -2.24. The standard InChI is InChI=1S/C16H22N2O3/c1-18(13-7-3-4-8-13)16(21)17-11-10-12-6-2-5-9-14(12)15(19)20/h2,5-6,9,13H,3-4,7-8,10-11H2,1H3,(H,17,21)(H,19,20). The number of nitrogens with one attached hydrogen (secondary N) is 1. The molecular formula is C16H22N2O3. The summed E-state index contributed by atoms with van der Waals surface area (Å²) in [7, 11) is 1.83. The maximum atomic E-state index is 12.0. The molecule has 1 saturated carbocycles. The van der Waals surface area contributed by atoms with Crippen molar-refractivity contribution in [1.29, 1.82) is 0 Å². The van der Waals surface area contributed by atoms with E-state index >= 15 is 0 Å². The highest BCUT2D eigenvalue weighted by atomic mass is 16.4. The van der Waals surface area contributed by atoms with Gasteiger partial charge in [-0.25, -0.2) is 9.59 Å². The first-order chi connectivity index (χ1) is 10.1. The first-order valence-electron chi connectivity index (χ1n) is 7.41. The number of hydrogen-bond acceptors (Lipinski definition) is 2. The molecule has 0 heterocycles. The Morgan fingerprint density at radius 3 is 2.62 bits per heavy atom. The Labute approximate surface area is 125 Å². The van der Waals surface area contributed by atoms with Crippen LogP contribution in [0.3, 0.4) is 0 Å². The largest absolute Gasteiger partial charge is 0.478 e. The van der Waals surface area contributed by atoms with Crippen LogP contribution < -0.4 is 5.32 Å². The monoisotopic (exact) mass is 290 g/mol. The molecule has 0 radical (unpaired) electrons. The smallest absolute Gasteiger partial charge is 0.335 e. The first-order valence-corrected chi connectivity index (χ1v) is 7.41. The molecule has 1 aliphatic rings. The minimum Gasteiger partial charge on any atom is -0.478 e. The highest BCUT2D eigenvalue weighted by Crippen LogP contribution is 2.22. The fourth-order valence-corrected chi connectivity index (χ4v) is 2.83. The van der Waals surface area contributed by atoms with E-state index in [0.29, 0.717) is 24.6 Å². The third-order valence-corrected chi connectivity index (χ3v) is 4.11. The number of benzene rings is 1. The van der Waals surface area contributed by atoms with Gasteiger partial charge in [0.05, 0.1) is 5.56 Å². The number of urea groups is 1. The first kappa shape index (κ1) is 15.4. The zero-order valence-electron chi connectivity index (χ0n) is 12.3. The highest BCUT2D eigenvalue weighted by molar-refractivity contribution is 5.89. The molecule has 1 fully saturated rings. The Bertz CT molecular complexity index is 510. The third kappa shape index (κ3) is 3.97. The van der Waals surface area contributed by atoms with Gasteiger partial charge in [-0.15, -0.1) is 0 Å². The molecule has 5 nitrogen and oxygen atoms in total. The van der Waals surface area contributed by atoms with Gasteiger partial charge in [-0.2, -0.15) is 0 Å². The maximum Gasteiger partial charge on any atom is 0.335 e. The van der Waals surface area contributed by atoms with Crippen LogP contribution in [0, 0.1) is 0 Å². The van der Waals surface area contributed by atoms with Crippen molar-refractivity contribution in [3.05, 3.63) is 35.4 Å². The van der Waals surface area contributed by atoms with E-state index in [1.54, 1.807) is 23.1 Å². The Balaban J connectivity index is 1.84. The number of carbonyl (C=O) groups is 2. The van der Waals surface area contributed by atoms with Gasteiger partial charge in [0.2, 0.25) is 0 Å². The van der Waals surface area contributed by atoms with Gasteiger partial charge < -0.3 is 15.3 Å². The molecule has 0 spiro atoms. The van der Waals surface area contributed by atoms with Crippen molar-refractivity contribution < 1.29 is 14.7 Å². The van der Waals surface area contributed by atoms with Gasteiger partial charge in [0.15, 0.2) is 0 Å². The summed E-state index contributed by atoms with van der Waals surface area (Å²) < 4.78 is 0. The Hall–Kier alpha value is -2.04. The summed E-state index contributed by atoms with van der Waals surface area (Å²) in [6, 6.07) is 7.17. The lowest BCUT2D eigenvalue weighted by Crippen LogP contribution is -2.43. The zero-order chi connectivity index (χ0) is 15.2. The SMILES string of the molecule is CN(C(=O)NCCc1ccccc1C(=O)O)C1CCCC1. The maximum absolute atomic E-state index is 12.0. The summed E-state index contributed by atoms with van der Waals surface area (Å²) in [6.07, 6.45) is 5.05. The van der Waals surface area contributed by atoms with E-state index in [-0.39, 0.29) is 6.03 Å². The quantitative estimate of drug-likeness (QED) is 0.875. The molecular weight excluding hydrogens is 268 g/mol. The average Bonchev–Trinajstić information content (AvgIpc) is 3.00. The molecule has 0 unspecified atom stereocenters. The van der Waals surface area contributed by atoms with E-state index in [2.05, 4.69) is 5.32 Å². The van der Waals surface area contributed by atoms with Crippen molar-refractivity contribution in [2.45, 2.75) is 38.1 Å². The van der Waals surface area contributed by atoms with E-state index < -0.39 is 5.97 Å². The number of carboxylic acids is 1. The molecule has 114 valence electrons. The molecule has 0 bridgehead atoms. The van der Waals surface area contributed by atoms with Crippen molar-refractivity contribution in [2.24, 2.45) is 0 Å². The van der Waals surface area contributed by atoms with Crippen molar-refractivity contribution in [2.75, 3.05) is 13.6 Å². The van der Waals surface area contributed by atoms with E-state index in [4.69, 9.17) is 5.11 Å². The van der Waals surface area contributed by atoms with Crippen LogP contribution in [-0.2, 0) is 6.42 Å². The molecule has 5 heteroatoms. The van der Waals surface area contributed by atoms with Crippen LogP contribution in [0.1, 0.15) is 41.6 Å². The van der Waals surface area contributed by atoms with Crippen LogP contribution in [0.5, 0.6) is 0 Å². The van der Waals surface area contributed by atoms with Crippen molar-refractivity contribution in [1.82, 2.24) is 10.2 Å². The second-order valence-electron chi connectivity index (χ2n) is 5.49. The Kier molecular flexibility index (Phi) is 5.20. The number of aromatic carboxylic acids is 1. The third-order valence-electron chi connectivity index (χ3n) is 4.11. The molecule has 1 aromatic carbocycles. The van der Waals surface area contributed by atoms with E-state index in [0.717, 1.165) is 18.4 Å². The van der Waals surface area contributed by atoms with Crippen molar-refractivity contribution in [3.63, 3.8) is 0 Å². The predicted octanol–water partition coefficient (Wildman–Crippen LogP) is 2.51. The summed E-state index contributed by atoms with van der Waals surface area (Å²) in [5.41, 5.74) is 1.05. The molecule has 1 aliphatic carbocycles. The van der Waals surface area contributed by atoms with Gasteiger partial charge >= 0.3 is 12.0 Å². The predicted molar refractivity (Wildman–Crippen MR) is 80.5 cm³/mol. The normalized spacial score (nSPS) is 14.9. The fourth-order valence-electron chi connectivity index (χ4n) is 2.83. The molecule has 0 saturated heterocycles. The summed E-state index contributed by atoms with van der Waals surface area (Å²) in [4.78, 5) is 24.9. The van der Waals surface area contributed by atoms with Crippen LogP contribution in [0.4, 0.5) is 4.79 Å². The van der Waals surface area contributed by atoms with Crippen molar-refractivity contribution in [3.8, 4) is 0 Å². The van der Waals surface area contributed by atoms with Crippen LogP contribution in [0.2, 0.25) is 0 Å². The lowest BCUT2D eigenvalue weighted by atomic mass is 10.0. The molecule has 2 rings (SSSR count). The molecule has 0 aromatic heterocycles. The summed E-state index contributed by atoms with van der Waals surface area (Å²) >= 11 is 0. The number of rotatable bonds is 5. The fraction of sp³-hybridized carbons (Fsp3) is 0.500. The van der Waals surface area contributed by atoms with Crippen LogP contribution >= 0.6 is 0 Å². The molecule has 0 atom stereocenters. The molecule has 2 N–H and O–H groups in total. The molecule has 21 heavy (non-hydrogen) atoms. The number of nitrogens with zero attached hydrogens (tertiary/aromatic N) is 1. The Morgan fingerprint density at radius 2 is 1.95 bits per heavy atom. The van der Waals surface area contributed by atoms with Crippen LogP contribution in [0.25, 0.3) is 0 Å². The minimum absolute atomic E-state index is 0.0743. The van der Waals surface area contributed by atoms with E-state index in [9.17, 15) is 9.59 Å². The number of hydrogen-bond donors (Lipinski definition) is 2. The molecule has 2 amide bonds. The topological polar surface area (TPSA) is 69.6 Å². The van der Waals surface area contributed by atoms with E-state index in [1.807, 2.05) is 13.1 Å². The number of carbonyl (C=O) groups excluding carboxylic acids is 1. The van der Waals surface area contributed by atoms with Crippen LogP contribution in [0.15, 0.2) is 24.3 Å². The summed E-state index contributed by atoms with van der Waals surface area (Å²) in [5, 5.41) is 12.0. The second kappa shape index (κ2) is 7.11.